The van der Waals surface area contributed by atoms with E-state index in [1.165, 1.54) is 6.92 Å². The van der Waals surface area contributed by atoms with Gasteiger partial charge in [-0.3, -0.25) is 0 Å². The minimum Gasteiger partial charge on any atom is -0.494 e. The number of ether oxygens (including phenoxy) is 2. The van der Waals surface area contributed by atoms with Crippen molar-refractivity contribution < 1.29 is 32.6 Å². The first kappa shape index (κ1) is 18.4. The standard InChI is InChI=1S/C21H25ClO6/c1-2-27-15-6-3-12(4-7-15)9-14-10-13(5-8-16(14)22)21-20(26)19(25)18(24)17(11-23)28-21/h3-8,10,17-21,23-26H,2,9,11H2,1H3/t17-,18-,19+,20-,21+/m1/s1/i2D2. The molecule has 1 fully saturated rings. The summed E-state index contributed by atoms with van der Waals surface area (Å²) in [6, 6.07) is 12.0. The maximum atomic E-state index is 10.4. The van der Waals surface area contributed by atoms with Gasteiger partial charge in [-0.25, -0.2) is 0 Å². The monoisotopic (exact) mass is 410 g/mol. The topological polar surface area (TPSA) is 99.4 Å². The molecular weight excluding hydrogens is 384 g/mol. The molecule has 1 aliphatic rings. The highest BCUT2D eigenvalue weighted by atomic mass is 35.5. The van der Waals surface area contributed by atoms with E-state index in [-0.39, 0.29) is 0 Å². The lowest BCUT2D eigenvalue weighted by Crippen LogP contribution is -2.55. The summed E-state index contributed by atoms with van der Waals surface area (Å²) < 4.78 is 25.7. The van der Waals surface area contributed by atoms with Crippen LogP contribution in [0.4, 0.5) is 0 Å². The van der Waals surface area contributed by atoms with Crippen LogP contribution in [0.3, 0.4) is 0 Å². The largest absolute Gasteiger partial charge is 0.494 e. The third-order valence-corrected chi connectivity index (χ3v) is 5.20. The zero-order chi connectivity index (χ0) is 22.1. The normalized spacial score (nSPS) is 29.1. The number of benzene rings is 2. The molecule has 0 radical (unpaired) electrons. The Morgan fingerprint density at radius 3 is 2.43 bits per heavy atom. The molecule has 2 aromatic carbocycles. The van der Waals surface area contributed by atoms with Crippen molar-refractivity contribution in [1.82, 2.24) is 0 Å². The van der Waals surface area contributed by atoms with E-state index in [0.717, 1.165) is 11.1 Å². The predicted molar refractivity (Wildman–Crippen MR) is 105 cm³/mol. The Hall–Kier alpha value is -1.67. The third kappa shape index (κ3) is 4.49. The van der Waals surface area contributed by atoms with Crippen molar-refractivity contribution in [3.05, 3.63) is 64.2 Å². The van der Waals surface area contributed by atoms with E-state index in [1.807, 2.05) is 0 Å². The Kier molecular flexibility index (Phi) is 6.05. The van der Waals surface area contributed by atoms with Crippen LogP contribution in [0.25, 0.3) is 0 Å². The summed E-state index contributed by atoms with van der Waals surface area (Å²) in [7, 11) is 0. The number of aliphatic hydroxyl groups is 4. The SMILES string of the molecule is [2H]C([2H])(C)Oc1ccc(Cc2cc([C@@H]3O[C@H](CO)[C@@H](O)[C@H](O)[C@H]3O)ccc2Cl)cc1. The van der Waals surface area contributed by atoms with Gasteiger partial charge in [0.15, 0.2) is 0 Å². The van der Waals surface area contributed by atoms with Crippen LogP contribution in [0.5, 0.6) is 5.75 Å². The second kappa shape index (κ2) is 9.22. The van der Waals surface area contributed by atoms with E-state index in [2.05, 4.69) is 0 Å². The molecular formula is C21H25ClO6. The van der Waals surface area contributed by atoms with Crippen LogP contribution in [-0.2, 0) is 11.2 Å². The second-order valence-electron chi connectivity index (χ2n) is 6.73. The summed E-state index contributed by atoms with van der Waals surface area (Å²) >= 11 is 6.34. The highest BCUT2D eigenvalue weighted by Crippen LogP contribution is 2.34. The highest BCUT2D eigenvalue weighted by Gasteiger charge is 2.43. The summed E-state index contributed by atoms with van der Waals surface area (Å²) in [5, 5.41) is 40.2. The molecule has 5 atom stereocenters. The molecule has 2 aromatic rings. The van der Waals surface area contributed by atoms with Gasteiger partial charge in [0.2, 0.25) is 0 Å². The Labute approximate surface area is 171 Å². The number of aliphatic hydroxyl groups excluding tert-OH is 4. The number of halogens is 1. The third-order valence-electron chi connectivity index (χ3n) is 4.83. The fourth-order valence-corrected chi connectivity index (χ4v) is 3.48. The van der Waals surface area contributed by atoms with Gasteiger partial charge in [-0.05, 0) is 48.2 Å². The Morgan fingerprint density at radius 1 is 1.07 bits per heavy atom. The molecule has 0 spiro atoms. The lowest BCUT2D eigenvalue weighted by molar-refractivity contribution is -0.231. The van der Waals surface area contributed by atoms with Crippen molar-refractivity contribution in [2.45, 2.75) is 43.9 Å². The van der Waals surface area contributed by atoms with Crippen LogP contribution in [0.2, 0.25) is 5.02 Å². The van der Waals surface area contributed by atoms with Crippen LogP contribution in [0.15, 0.2) is 42.5 Å². The first-order valence-corrected chi connectivity index (χ1v) is 9.33. The molecule has 0 unspecified atom stereocenters. The summed E-state index contributed by atoms with van der Waals surface area (Å²) in [5.74, 6) is 0.410. The van der Waals surface area contributed by atoms with Gasteiger partial charge in [0.05, 0.1) is 15.9 Å². The van der Waals surface area contributed by atoms with E-state index in [1.54, 1.807) is 42.5 Å². The Bertz CT molecular complexity index is 856. The first-order chi connectivity index (χ1) is 14.1. The van der Waals surface area contributed by atoms with Crippen molar-refractivity contribution in [2.75, 3.05) is 13.2 Å². The number of rotatable bonds is 6. The van der Waals surface area contributed by atoms with Crippen molar-refractivity contribution in [2.24, 2.45) is 0 Å². The van der Waals surface area contributed by atoms with E-state index in [0.29, 0.717) is 22.8 Å². The van der Waals surface area contributed by atoms with Crippen molar-refractivity contribution in [3.63, 3.8) is 0 Å². The van der Waals surface area contributed by atoms with E-state index in [9.17, 15) is 20.4 Å². The second-order valence-corrected chi connectivity index (χ2v) is 7.13. The van der Waals surface area contributed by atoms with Crippen LogP contribution in [0.1, 0.15) is 32.5 Å². The average Bonchev–Trinajstić information content (AvgIpc) is 2.69. The zero-order valence-electron chi connectivity index (χ0n) is 17.3. The van der Waals surface area contributed by atoms with Gasteiger partial charge in [-0.1, -0.05) is 35.9 Å². The molecule has 0 aliphatic carbocycles. The lowest BCUT2D eigenvalue weighted by atomic mass is 9.90. The van der Waals surface area contributed by atoms with Gasteiger partial charge in [0, 0.05) is 5.02 Å². The fourth-order valence-electron chi connectivity index (χ4n) is 3.30. The maximum Gasteiger partial charge on any atom is 0.119 e. The highest BCUT2D eigenvalue weighted by molar-refractivity contribution is 6.31. The molecule has 3 rings (SSSR count). The Balaban J connectivity index is 1.80. The predicted octanol–water partition coefficient (Wildman–Crippen LogP) is 1.84. The molecule has 1 aliphatic heterocycles. The quantitative estimate of drug-likeness (QED) is 0.580. The van der Waals surface area contributed by atoms with Crippen molar-refractivity contribution in [1.29, 1.82) is 0 Å². The molecule has 1 saturated heterocycles. The minimum atomic E-state index is -1.77. The maximum absolute atomic E-state index is 10.4. The van der Waals surface area contributed by atoms with Crippen molar-refractivity contribution >= 4 is 11.6 Å². The molecule has 0 bridgehead atoms. The van der Waals surface area contributed by atoms with E-state index in [4.69, 9.17) is 23.8 Å². The zero-order valence-corrected chi connectivity index (χ0v) is 16.1. The van der Waals surface area contributed by atoms with Crippen molar-refractivity contribution in [3.8, 4) is 5.75 Å². The van der Waals surface area contributed by atoms with Crippen LogP contribution in [0, 0.1) is 0 Å². The summed E-state index contributed by atoms with van der Waals surface area (Å²) in [6.45, 7) is -0.943. The Morgan fingerprint density at radius 2 is 1.79 bits per heavy atom. The van der Waals surface area contributed by atoms with Gasteiger partial charge in [-0.15, -0.1) is 0 Å². The van der Waals surface area contributed by atoms with Crippen LogP contribution < -0.4 is 4.74 Å². The molecule has 1 heterocycles. The van der Waals surface area contributed by atoms with Gasteiger partial charge in [0.25, 0.3) is 0 Å². The lowest BCUT2D eigenvalue weighted by Gasteiger charge is -2.40. The number of hydrogen-bond donors (Lipinski definition) is 4. The molecule has 0 amide bonds. The van der Waals surface area contributed by atoms with Gasteiger partial charge < -0.3 is 29.9 Å². The van der Waals surface area contributed by atoms with E-state index >= 15 is 0 Å². The molecule has 152 valence electrons. The van der Waals surface area contributed by atoms with E-state index < -0.39 is 43.7 Å². The molecule has 4 N–H and O–H groups in total. The van der Waals surface area contributed by atoms with Gasteiger partial charge >= 0.3 is 0 Å². The summed E-state index contributed by atoms with van der Waals surface area (Å²) in [6.07, 6.45) is -5.68. The summed E-state index contributed by atoms with van der Waals surface area (Å²) in [5.41, 5.74) is 2.22. The average molecular weight is 411 g/mol. The molecule has 28 heavy (non-hydrogen) atoms. The molecule has 0 aromatic heterocycles. The van der Waals surface area contributed by atoms with Crippen LogP contribution >= 0.6 is 11.6 Å². The molecule has 6 nitrogen and oxygen atoms in total. The first-order valence-electron chi connectivity index (χ1n) is 9.96. The van der Waals surface area contributed by atoms with Gasteiger partial charge in [-0.2, -0.15) is 0 Å². The molecule has 0 saturated carbocycles. The number of hydrogen-bond acceptors (Lipinski definition) is 6. The molecule has 7 heteroatoms. The minimum absolute atomic E-state index is 0.410. The smallest absolute Gasteiger partial charge is 0.119 e. The van der Waals surface area contributed by atoms with Gasteiger partial charge in [0.1, 0.15) is 36.3 Å². The van der Waals surface area contributed by atoms with Crippen LogP contribution in [-0.4, -0.2) is 58.0 Å². The fraction of sp³-hybridized carbons (Fsp3) is 0.429. The summed E-state index contributed by atoms with van der Waals surface area (Å²) in [4.78, 5) is 0.